The van der Waals surface area contributed by atoms with Gasteiger partial charge in [0.05, 0.1) is 7.11 Å². The average Bonchev–Trinajstić information content (AvgIpc) is 2.97. The molecule has 1 fully saturated rings. The summed E-state index contributed by atoms with van der Waals surface area (Å²) >= 11 is 0. The Hall–Kier alpha value is -1.52. The Morgan fingerprint density at radius 2 is 2.15 bits per heavy atom. The van der Waals surface area contributed by atoms with Crippen LogP contribution in [-0.4, -0.2) is 36.8 Å². The molecule has 1 unspecified atom stereocenters. The first kappa shape index (κ1) is 14.9. The number of rotatable bonds is 6. The normalized spacial score (nSPS) is 17.1. The van der Waals surface area contributed by atoms with Gasteiger partial charge >= 0.3 is 0 Å². The molecule has 1 aliphatic heterocycles. The van der Waals surface area contributed by atoms with Crippen LogP contribution in [-0.2, 0) is 6.42 Å². The number of aromatic hydroxyl groups is 1. The molecule has 0 bridgehead atoms. The second-order valence-corrected chi connectivity index (χ2v) is 5.22. The van der Waals surface area contributed by atoms with Crippen molar-refractivity contribution < 1.29 is 9.84 Å². The van der Waals surface area contributed by atoms with Gasteiger partial charge in [-0.15, -0.1) is 6.58 Å². The molecule has 3 N–H and O–H groups in total. The fourth-order valence-corrected chi connectivity index (χ4v) is 2.90. The fraction of sp³-hybridized carbons (Fsp3) is 0.500. The van der Waals surface area contributed by atoms with Gasteiger partial charge in [0.25, 0.3) is 0 Å². The maximum atomic E-state index is 10.1. The Bertz CT molecular complexity index is 468. The number of phenols is 1. The predicted octanol–water partition coefficient (Wildman–Crippen LogP) is 2.22. The minimum atomic E-state index is 0.190. The monoisotopic (exact) mass is 276 g/mol. The van der Waals surface area contributed by atoms with Gasteiger partial charge in [-0.25, -0.2) is 0 Å². The summed E-state index contributed by atoms with van der Waals surface area (Å²) in [6.45, 7) is 6.48. The number of phenolic OH excluding ortho intramolecular Hbond substituents is 1. The van der Waals surface area contributed by atoms with Crippen molar-refractivity contribution in [1.29, 1.82) is 0 Å². The third kappa shape index (κ3) is 2.97. The number of nitrogens with zero attached hydrogens (tertiary/aromatic N) is 1. The van der Waals surface area contributed by atoms with Gasteiger partial charge in [0.2, 0.25) is 0 Å². The van der Waals surface area contributed by atoms with Crippen molar-refractivity contribution >= 4 is 0 Å². The molecule has 0 aliphatic carbocycles. The van der Waals surface area contributed by atoms with Gasteiger partial charge in [-0.2, -0.15) is 0 Å². The second kappa shape index (κ2) is 6.77. The maximum Gasteiger partial charge on any atom is 0.161 e. The number of hydrogen-bond donors (Lipinski definition) is 2. The van der Waals surface area contributed by atoms with Gasteiger partial charge < -0.3 is 15.6 Å². The summed E-state index contributed by atoms with van der Waals surface area (Å²) < 4.78 is 5.29. The van der Waals surface area contributed by atoms with Crippen molar-refractivity contribution in [2.24, 2.45) is 5.73 Å². The molecule has 110 valence electrons. The van der Waals surface area contributed by atoms with E-state index in [4.69, 9.17) is 10.5 Å². The first-order valence-electron chi connectivity index (χ1n) is 7.16. The van der Waals surface area contributed by atoms with Crippen molar-refractivity contribution in [3.8, 4) is 11.5 Å². The predicted molar refractivity (Wildman–Crippen MR) is 81.2 cm³/mol. The highest BCUT2D eigenvalue weighted by atomic mass is 16.5. The van der Waals surface area contributed by atoms with E-state index in [0.29, 0.717) is 18.7 Å². The van der Waals surface area contributed by atoms with E-state index < -0.39 is 0 Å². The van der Waals surface area contributed by atoms with Crippen LogP contribution in [0, 0.1) is 0 Å². The number of nitrogens with two attached hydrogens (primary N) is 1. The van der Waals surface area contributed by atoms with E-state index in [1.54, 1.807) is 13.2 Å². The molecule has 4 heteroatoms. The standard InChI is InChI=1S/C16H24N2O2/c1-3-6-12-9-13(10-15(20-2)16(12)19)14(11-17)18-7-4-5-8-18/h3,9-10,14,19H,1,4-8,11,17H2,2H3. The van der Waals surface area contributed by atoms with Crippen LogP contribution in [0.1, 0.15) is 30.0 Å². The summed E-state index contributed by atoms with van der Waals surface area (Å²) in [5.74, 6) is 0.713. The van der Waals surface area contributed by atoms with Gasteiger partial charge in [0.15, 0.2) is 11.5 Å². The number of likely N-dealkylation sites (tertiary alicyclic amines) is 1. The van der Waals surface area contributed by atoms with E-state index in [0.717, 1.165) is 24.2 Å². The zero-order chi connectivity index (χ0) is 14.5. The lowest BCUT2D eigenvalue weighted by Gasteiger charge is -2.27. The molecule has 0 radical (unpaired) electrons. The SMILES string of the molecule is C=CCc1cc(C(CN)N2CCCC2)cc(OC)c1O. The lowest BCUT2D eigenvalue weighted by Crippen LogP contribution is -2.31. The third-order valence-corrected chi connectivity index (χ3v) is 3.95. The molecule has 20 heavy (non-hydrogen) atoms. The minimum Gasteiger partial charge on any atom is -0.504 e. The molecule has 2 rings (SSSR count). The smallest absolute Gasteiger partial charge is 0.161 e. The van der Waals surface area contributed by atoms with E-state index in [1.807, 2.05) is 12.1 Å². The molecular formula is C16H24N2O2. The molecule has 1 heterocycles. The lowest BCUT2D eigenvalue weighted by molar-refractivity contribution is 0.250. The topological polar surface area (TPSA) is 58.7 Å². The Kier molecular flexibility index (Phi) is 5.04. The fourth-order valence-electron chi connectivity index (χ4n) is 2.90. The van der Waals surface area contributed by atoms with Gasteiger partial charge in [0.1, 0.15) is 0 Å². The molecule has 0 aromatic heterocycles. The van der Waals surface area contributed by atoms with Crippen LogP contribution in [0.5, 0.6) is 11.5 Å². The minimum absolute atomic E-state index is 0.190. The van der Waals surface area contributed by atoms with E-state index in [9.17, 15) is 5.11 Å². The van der Waals surface area contributed by atoms with Crippen LogP contribution in [0.4, 0.5) is 0 Å². The van der Waals surface area contributed by atoms with Crippen molar-refractivity contribution in [2.45, 2.75) is 25.3 Å². The molecule has 0 saturated carbocycles. The van der Waals surface area contributed by atoms with E-state index in [-0.39, 0.29) is 11.8 Å². The summed E-state index contributed by atoms with van der Waals surface area (Å²) in [5, 5.41) is 10.1. The third-order valence-electron chi connectivity index (χ3n) is 3.95. The van der Waals surface area contributed by atoms with Crippen molar-refractivity contribution in [1.82, 2.24) is 4.90 Å². The van der Waals surface area contributed by atoms with Gasteiger partial charge in [-0.05, 0) is 50.0 Å². The highest BCUT2D eigenvalue weighted by molar-refractivity contribution is 5.50. The van der Waals surface area contributed by atoms with Crippen LogP contribution in [0.2, 0.25) is 0 Å². The van der Waals surface area contributed by atoms with Crippen molar-refractivity contribution in [3.63, 3.8) is 0 Å². The molecular weight excluding hydrogens is 252 g/mol. The second-order valence-electron chi connectivity index (χ2n) is 5.22. The molecule has 1 atom stereocenters. The molecule has 1 aromatic carbocycles. The number of allylic oxidation sites excluding steroid dienone is 1. The van der Waals surface area contributed by atoms with Gasteiger partial charge in [0, 0.05) is 18.2 Å². The van der Waals surface area contributed by atoms with Crippen LogP contribution in [0.25, 0.3) is 0 Å². The first-order valence-corrected chi connectivity index (χ1v) is 7.16. The van der Waals surface area contributed by atoms with Crippen molar-refractivity contribution in [3.05, 3.63) is 35.9 Å². The lowest BCUT2D eigenvalue weighted by atomic mass is 9.99. The Morgan fingerprint density at radius 1 is 1.45 bits per heavy atom. The van der Waals surface area contributed by atoms with Crippen molar-refractivity contribution in [2.75, 3.05) is 26.7 Å². The number of methoxy groups -OCH3 is 1. The maximum absolute atomic E-state index is 10.1. The molecule has 0 spiro atoms. The number of hydrogen-bond acceptors (Lipinski definition) is 4. The highest BCUT2D eigenvalue weighted by Crippen LogP contribution is 2.36. The summed E-state index contributed by atoms with van der Waals surface area (Å²) in [6, 6.07) is 4.11. The quantitative estimate of drug-likeness (QED) is 0.782. The number of ether oxygens (including phenoxy) is 1. The Morgan fingerprint density at radius 3 is 2.70 bits per heavy atom. The van der Waals surface area contributed by atoms with Crippen LogP contribution in [0.3, 0.4) is 0 Å². The largest absolute Gasteiger partial charge is 0.504 e. The van der Waals surface area contributed by atoms with E-state index in [1.165, 1.54) is 12.8 Å². The zero-order valence-corrected chi connectivity index (χ0v) is 12.1. The summed E-state index contributed by atoms with van der Waals surface area (Å²) in [4.78, 5) is 2.41. The average molecular weight is 276 g/mol. The molecule has 1 aromatic rings. The van der Waals surface area contributed by atoms with Crippen LogP contribution in [0.15, 0.2) is 24.8 Å². The van der Waals surface area contributed by atoms with Gasteiger partial charge in [-0.3, -0.25) is 4.90 Å². The zero-order valence-electron chi connectivity index (χ0n) is 12.1. The highest BCUT2D eigenvalue weighted by Gasteiger charge is 2.24. The molecule has 1 aliphatic rings. The van der Waals surface area contributed by atoms with Gasteiger partial charge in [-0.1, -0.05) is 6.08 Å². The summed E-state index contributed by atoms with van der Waals surface area (Å²) in [6.07, 6.45) is 4.86. The summed E-state index contributed by atoms with van der Waals surface area (Å²) in [7, 11) is 1.57. The van der Waals surface area contributed by atoms with Crippen LogP contribution < -0.4 is 10.5 Å². The first-order chi connectivity index (χ1) is 9.71. The number of benzene rings is 1. The Balaban J connectivity index is 2.37. The van der Waals surface area contributed by atoms with E-state index >= 15 is 0 Å². The Labute approximate surface area is 120 Å². The summed E-state index contributed by atoms with van der Waals surface area (Å²) in [5.41, 5.74) is 7.92. The van der Waals surface area contributed by atoms with E-state index in [2.05, 4.69) is 11.5 Å². The van der Waals surface area contributed by atoms with Crippen LogP contribution >= 0.6 is 0 Å². The molecule has 0 amide bonds. The molecule has 4 nitrogen and oxygen atoms in total. The molecule has 1 saturated heterocycles.